The molecule has 6 aromatic heterocycles. The van der Waals surface area contributed by atoms with Crippen molar-refractivity contribution in [2.24, 2.45) is 5.73 Å². The van der Waals surface area contributed by atoms with Gasteiger partial charge >= 0.3 is 17.9 Å². The van der Waals surface area contributed by atoms with Crippen LogP contribution in [0.2, 0.25) is 0 Å². The van der Waals surface area contributed by atoms with Gasteiger partial charge in [0, 0.05) is 90.8 Å². The molecular formula is C110H90F6N14O15S3. The predicted molar refractivity (Wildman–Crippen MR) is 543 cm³/mol. The first-order valence-electron chi connectivity index (χ1n) is 46.2. The number of fused-ring (bicyclic) bond motifs is 8. The Balaban J connectivity index is 0.000000126. The molecule has 11 aromatic carbocycles. The molecule has 38 heteroatoms. The molecule has 29 nitrogen and oxygen atoms in total. The van der Waals surface area contributed by atoms with E-state index in [2.05, 4.69) is 31.1 Å². The van der Waals surface area contributed by atoms with E-state index in [1.165, 1.54) is 164 Å². The third-order valence-corrected chi connectivity index (χ3v) is 29.3. The van der Waals surface area contributed by atoms with Gasteiger partial charge in [0.1, 0.15) is 87.5 Å². The third kappa shape index (κ3) is 22.8. The zero-order chi connectivity index (χ0) is 105. The lowest BCUT2D eigenvalue weighted by Gasteiger charge is -2.12. The van der Waals surface area contributed by atoms with Gasteiger partial charge in [0.2, 0.25) is 5.78 Å². The number of carbonyl (C=O) groups excluding carboxylic acids is 5. The van der Waals surface area contributed by atoms with E-state index in [9.17, 15) is 85.6 Å². The summed E-state index contributed by atoms with van der Waals surface area (Å²) < 4.78 is 172. The first-order valence-corrected chi connectivity index (χ1v) is 50.5. The Hall–Kier alpha value is -17.5. The maximum atomic E-state index is 13.7. The summed E-state index contributed by atoms with van der Waals surface area (Å²) in [7, 11) is -8.99. The first-order chi connectivity index (χ1) is 70.9. The minimum Gasteiger partial charge on any atom is -0.478 e. The number of esters is 2. The smallest absolute Gasteiger partial charge is 0.356 e. The number of H-pyrrole nitrogens is 2. The van der Waals surface area contributed by atoms with Crippen LogP contribution in [0.4, 0.5) is 32.2 Å². The van der Waals surface area contributed by atoms with E-state index in [0.29, 0.717) is 77.5 Å². The van der Waals surface area contributed by atoms with Crippen molar-refractivity contribution in [3.05, 3.63) is 398 Å². The van der Waals surface area contributed by atoms with Crippen LogP contribution in [0.25, 0.3) is 78.7 Å². The molecule has 0 spiro atoms. The van der Waals surface area contributed by atoms with Gasteiger partial charge in [-0.3, -0.25) is 14.4 Å². The van der Waals surface area contributed by atoms with Crippen molar-refractivity contribution in [1.29, 1.82) is 10.5 Å². The number of anilines is 1. The Morgan fingerprint density at radius 2 is 0.885 bits per heavy atom. The number of imidazole rings is 2. The molecular weight excluding hydrogens is 1970 g/mol. The quantitative estimate of drug-likeness (QED) is 0.0138. The van der Waals surface area contributed by atoms with E-state index in [4.69, 9.17) is 31.3 Å². The number of allylic oxidation sites excluding steroid dienone is 2. The Labute approximate surface area is 843 Å². The maximum Gasteiger partial charge on any atom is 0.356 e. The summed E-state index contributed by atoms with van der Waals surface area (Å²) in [5, 5.41) is 32.0. The van der Waals surface area contributed by atoms with Crippen LogP contribution >= 0.6 is 0 Å². The zero-order valence-electron chi connectivity index (χ0n) is 79.4. The molecule has 0 unspecified atom stereocenters. The summed E-state index contributed by atoms with van der Waals surface area (Å²) in [6.45, 7) is 4.44. The number of aromatic nitrogens is 9. The van der Waals surface area contributed by atoms with E-state index >= 15 is 0 Å². The predicted octanol–water partition coefficient (Wildman–Crippen LogP) is 19.7. The molecule has 17 aromatic rings. The second kappa shape index (κ2) is 44.0. The monoisotopic (exact) mass is 2060 g/mol. The number of nitrogen functional groups attached to an aromatic ring is 1. The number of halogens is 6. The molecule has 7 N–H and O–H groups in total. The van der Waals surface area contributed by atoms with Crippen LogP contribution in [0.1, 0.15) is 150 Å². The number of carboxylic acids is 1. The number of Topliss-reactive ketones (excluding diaryl/α,β-unsaturated/α-hetero) is 3. The molecule has 6 heterocycles. The summed E-state index contributed by atoms with van der Waals surface area (Å²) in [5.41, 5.74) is 24.4. The second-order valence-corrected chi connectivity index (χ2v) is 40.1. The number of nitriles is 2. The number of aliphatic carboxylic acids is 1. The Morgan fingerprint density at radius 1 is 0.486 bits per heavy atom. The summed E-state index contributed by atoms with van der Waals surface area (Å²) in [6.07, 6.45) is 13.6. The molecule has 2 fully saturated rings. The van der Waals surface area contributed by atoms with Crippen molar-refractivity contribution in [3.8, 4) is 17.8 Å². The number of nitrogens with zero attached hydrogens (tertiary/aromatic N) is 10. The number of nitrogens with one attached hydrogen (secondary N) is 2. The van der Waals surface area contributed by atoms with Crippen LogP contribution in [0.5, 0.6) is 0 Å². The average molecular weight is 2060 g/mol. The number of hydrogen-bond donors (Lipinski definition) is 5. The third-order valence-electron chi connectivity index (χ3n) is 24.1. The van der Waals surface area contributed by atoms with Gasteiger partial charge in [-0.25, -0.2) is 92.5 Å². The van der Waals surface area contributed by atoms with Gasteiger partial charge in [0.25, 0.3) is 30.1 Å². The lowest BCUT2D eigenvalue weighted by Crippen LogP contribution is -2.20. The highest BCUT2D eigenvalue weighted by Crippen LogP contribution is 2.42. The van der Waals surface area contributed by atoms with Crippen molar-refractivity contribution in [2.75, 3.05) is 33.0 Å². The minimum atomic E-state index is -4.16. The van der Waals surface area contributed by atoms with Gasteiger partial charge < -0.3 is 40.9 Å². The topological polar surface area (TPSA) is 436 Å². The molecule has 750 valence electrons. The SMILES string of the molecule is CCOC(=O)C1=Cc2cc(F)ccc2C1.CCOC(=O)c1cc2cc(F)ccc2n1S(=O)(=O)c1ccccc1.CN(C)/C=C(\C#N)C(=O)c1cc2cc(F)ccc2n1S(=O)(=O)c1ccccc1.N#CCC(=O)c1cc2cc(F)ccc2n1S(=O)(=O)c1ccccc1.NCc1ccc2nc(C3CC3)[nH]c2c1.Nc1c(C(=O)C2=Cc3cc(F)ccc3C2)cnn1-c1ccc2nc(C3CC3)[nH]c2c1.O=C(O)C1=Cc2cc(F)ccc2C1. The lowest BCUT2D eigenvalue weighted by molar-refractivity contribution is -0.138. The normalized spacial score (nSPS) is 13.2. The molecule has 5 aliphatic carbocycles. The summed E-state index contributed by atoms with van der Waals surface area (Å²) in [6, 6.07) is 66.5. The molecule has 148 heavy (non-hydrogen) atoms. The Bertz CT molecular complexity index is 8750. The highest BCUT2D eigenvalue weighted by Gasteiger charge is 2.35. The van der Waals surface area contributed by atoms with Crippen LogP contribution in [0.15, 0.2) is 304 Å². The maximum absolute atomic E-state index is 13.7. The van der Waals surface area contributed by atoms with Crippen LogP contribution in [-0.2, 0) is 74.9 Å². The van der Waals surface area contributed by atoms with Gasteiger partial charge in [0.15, 0.2) is 11.6 Å². The molecule has 22 rings (SSSR count). The van der Waals surface area contributed by atoms with Gasteiger partial charge in [-0.05, 0) is 273 Å². The van der Waals surface area contributed by atoms with E-state index < -0.39 is 77.4 Å². The summed E-state index contributed by atoms with van der Waals surface area (Å²) >= 11 is 0. The van der Waals surface area contributed by atoms with Crippen molar-refractivity contribution in [2.45, 2.75) is 98.3 Å². The second-order valence-electron chi connectivity index (χ2n) is 34.7. The molecule has 0 radical (unpaired) electrons. The van der Waals surface area contributed by atoms with Crippen molar-refractivity contribution >= 4 is 144 Å². The van der Waals surface area contributed by atoms with Crippen LogP contribution in [0, 0.1) is 57.6 Å². The zero-order valence-corrected chi connectivity index (χ0v) is 81.8. The highest BCUT2D eigenvalue weighted by molar-refractivity contribution is 7.90. The van der Waals surface area contributed by atoms with Crippen molar-refractivity contribution in [3.63, 3.8) is 0 Å². The Kier molecular flexibility index (Phi) is 30.7. The Morgan fingerprint density at radius 3 is 1.32 bits per heavy atom. The molecule has 0 bridgehead atoms. The molecule has 0 aliphatic heterocycles. The van der Waals surface area contributed by atoms with E-state index in [-0.39, 0.29) is 106 Å². The number of carbonyl (C=O) groups is 6. The van der Waals surface area contributed by atoms with Gasteiger partial charge in [-0.1, -0.05) is 78.9 Å². The molecule has 0 atom stereocenters. The van der Waals surface area contributed by atoms with E-state index in [1.807, 2.05) is 30.3 Å². The molecule has 0 amide bonds. The number of benzene rings is 11. The van der Waals surface area contributed by atoms with Gasteiger partial charge in [-0.2, -0.15) is 15.6 Å². The molecule has 2 saturated carbocycles. The van der Waals surface area contributed by atoms with Crippen LogP contribution in [-0.4, -0.2) is 139 Å². The molecule has 5 aliphatic rings. The van der Waals surface area contributed by atoms with Crippen molar-refractivity contribution in [1.82, 2.24) is 46.5 Å². The van der Waals surface area contributed by atoms with Crippen LogP contribution in [0.3, 0.4) is 0 Å². The van der Waals surface area contributed by atoms with Crippen LogP contribution < -0.4 is 11.5 Å². The van der Waals surface area contributed by atoms with Gasteiger partial charge in [-0.15, -0.1) is 0 Å². The fraction of sp³-hybridized carbons (Fsp3) is 0.155. The summed E-state index contributed by atoms with van der Waals surface area (Å²) in [5.74, 6) is -2.51. The summed E-state index contributed by atoms with van der Waals surface area (Å²) in [4.78, 5) is 89.9. The number of rotatable bonds is 22. The fourth-order valence-electron chi connectivity index (χ4n) is 16.7. The van der Waals surface area contributed by atoms with E-state index in [1.54, 1.807) is 130 Å². The highest BCUT2D eigenvalue weighted by atomic mass is 32.2. The number of hydrogen-bond acceptors (Lipinski definition) is 22. The number of carboxylic acid groups (broad SMARTS) is 1. The molecule has 0 saturated heterocycles. The largest absolute Gasteiger partial charge is 0.478 e. The van der Waals surface area contributed by atoms with Gasteiger partial charge in [0.05, 0.1) is 90.0 Å². The fourth-order valence-corrected chi connectivity index (χ4v) is 21.3. The standard InChI is InChI=1S/C23H18FN5O.C20H16FN3O3S.C17H11FN2O3S.C17H14FNO4S.C12H11FO2.C11H13N3.C10H7FO2/c24-16-4-3-13-7-15(8-14(13)9-16)21(30)18-11-26-29(22(18)25)17-5-6-19-20(10-17)28-23(27-19)12-1-2-12;1-23(2)13-15(12-22)20(25)19-11-14-10-16(21)8-9-18(14)24(19)28(26,27)17-6-4-3-5-7-17;18-13-6-7-15-12(10-13)11-16(17(21)8-9-19)20(15)24(22,23)14-4-2-1-3-5-14;1-2-23-17(20)16-11-12-10-13(18)8-9-15(12)19(16)24(21,22)14-6-4-3-5-7-14;1-2-15-12(14)10-5-8-3-4-11(13)7-9(8)6-10;12-6-7-1-4-9-10(5-7)14-11(13-9)8-2-3-8;11-9-2-1-6-3-8(10(12)13)4-7(6)5-9/h3-6,8-12H,1-2,7,25H2,(H,27,28);3-11,13H,1-2H3;1-7,10-11H,8H2;3-11H,2H2,1H3;3-4,6-7H,2,5H2,1H3;1,4-5,8H,2-3,6,12H2,(H,13,14);1-2,4-5H,3H2,(H,12,13)/b;15-13+;;;;;. The van der Waals surface area contributed by atoms with E-state index in [0.717, 1.165) is 115 Å². The average Bonchev–Trinajstić information content (AvgIpc) is 1.60. The number of aromatic amines is 2. The number of ether oxygens (including phenoxy) is 2. The number of nitrogens with two attached hydrogens (primary N) is 2. The minimum absolute atomic E-state index is 0.00201. The number of ketones is 3. The first kappa shape index (κ1) is 103. The van der Waals surface area contributed by atoms with Crippen molar-refractivity contribution < 1.29 is 94.9 Å². The lowest BCUT2D eigenvalue weighted by atomic mass is 10.0.